The van der Waals surface area contributed by atoms with E-state index in [1.54, 1.807) is 4.90 Å². The molecule has 0 aromatic heterocycles. The van der Waals surface area contributed by atoms with Gasteiger partial charge in [0.25, 0.3) is 0 Å². The maximum absolute atomic E-state index is 13.9. The second-order valence-electron chi connectivity index (χ2n) is 11.7. The molecule has 1 atom stereocenters. The van der Waals surface area contributed by atoms with Gasteiger partial charge in [-0.25, -0.2) is 13.1 Å². The quantitative estimate of drug-likeness (QED) is 0.173. The van der Waals surface area contributed by atoms with E-state index in [4.69, 9.17) is 5.11 Å². The summed E-state index contributed by atoms with van der Waals surface area (Å²) in [5.74, 6) is -2.57. The van der Waals surface area contributed by atoms with Gasteiger partial charge in [-0.3, -0.25) is 14.4 Å². The van der Waals surface area contributed by atoms with Gasteiger partial charge in [0, 0.05) is 24.2 Å². The van der Waals surface area contributed by atoms with E-state index in [0.717, 1.165) is 48.8 Å². The third kappa shape index (κ3) is 10.2. The summed E-state index contributed by atoms with van der Waals surface area (Å²) in [5.41, 5.74) is 3.71. The number of carboxylic acids is 1. The summed E-state index contributed by atoms with van der Waals surface area (Å²) in [6.45, 7) is -0.671. The Hall–Kier alpha value is -4.06. The third-order valence-electron chi connectivity index (χ3n) is 8.31. The Labute approximate surface area is 270 Å². The first-order valence-corrected chi connectivity index (χ1v) is 17.3. The molecule has 1 aliphatic rings. The van der Waals surface area contributed by atoms with Crippen molar-refractivity contribution in [2.75, 3.05) is 25.0 Å². The van der Waals surface area contributed by atoms with Gasteiger partial charge in [-0.1, -0.05) is 73.9 Å². The molecule has 1 unspecified atom stereocenters. The molecule has 246 valence electrons. The molecular formula is C35H43N3O7S. The Morgan fingerprint density at radius 1 is 0.870 bits per heavy atom. The van der Waals surface area contributed by atoms with E-state index in [9.17, 15) is 27.9 Å². The summed E-state index contributed by atoms with van der Waals surface area (Å²) in [5, 5.41) is 21.3. The van der Waals surface area contributed by atoms with Crippen molar-refractivity contribution in [2.45, 2.75) is 68.7 Å². The molecule has 0 radical (unpaired) electrons. The molecule has 11 heteroatoms. The third-order valence-corrected chi connectivity index (χ3v) is 9.79. The predicted octanol–water partition coefficient (Wildman–Crippen LogP) is 4.84. The fourth-order valence-corrected chi connectivity index (χ4v) is 6.94. The molecule has 0 spiro atoms. The van der Waals surface area contributed by atoms with Gasteiger partial charge in [0.2, 0.25) is 21.8 Å². The lowest BCUT2D eigenvalue weighted by molar-refractivity contribution is -0.147. The molecule has 0 heterocycles. The average molecular weight is 650 g/mol. The Morgan fingerprint density at radius 2 is 1.52 bits per heavy atom. The molecule has 4 rings (SSSR count). The second kappa shape index (κ2) is 17.0. The largest absolute Gasteiger partial charge is 0.481 e. The molecule has 3 aromatic rings. The second-order valence-corrected chi connectivity index (χ2v) is 13.5. The summed E-state index contributed by atoms with van der Waals surface area (Å²) in [6.07, 6.45) is 5.81. The van der Waals surface area contributed by atoms with Crippen LogP contribution in [0.5, 0.6) is 0 Å². The van der Waals surface area contributed by atoms with E-state index in [0.29, 0.717) is 24.9 Å². The van der Waals surface area contributed by atoms with Gasteiger partial charge in [0.15, 0.2) is 0 Å². The highest BCUT2D eigenvalue weighted by Gasteiger charge is 2.33. The highest BCUT2D eigenvalue weighted by molar-refractivity contribution is 7.89. The van der Waals surface area contributed by atoms with Crippen LogP contribution >= 0.6 is 0 Å². The zero-order valence-electron chi connectivity index (χ0n) is 25.9. The normalized spacial score (nSPS) is 14.4. The number of nitrogens with zero attached hydrogens (tertiary/aromatic N) is 1. The molecule has 1 fully saturated rings. The van der Waals surface area contributed by atoms with Crippen molar-refractivity contribution in [2.24, 2.45) is 5.92 Å². The molecule has 10 nitrogen and oxygen atoms in total. The number of aliphatic hydroxyl groups is 1. The zero-order valence-corrected chi connectivity index (χ0v) is 26.8. The van der Waals surface area contributed by atoms with Crippen LogP contribution in [0.2, 0.25) is 0 Å². The molecule has 0 saturated heterocycles. The average Bonchev–Trinajstić information content (AvgIpc) is 3.07. The van der Waals surface area contributed by atoms with Crippen LogP contribution in [0.3, 0.4) is 0 Å². The minimum atomic E-state index is -3.79. The fraction of sp³-hybridized carbons (Fsp3) is 0.400. The standard InChI is InChI=1S/C35H43N3O7S/c39-23-22-36-46(44,45)32-20-18-30(19-21-32)37-33(40)25-38(31-12-5-2-6-13-31)35(43)29(24-34(41)42)11-7-8-26-14-16-28(17-15-26)27-9-3-1-4-10-27/h1,3-4,9-10,14-21,29,31,36,39H,2,5-8,11-13,22-25H2,(H,37,40)(H,41,42). The maximum Gasteiger partial charge on any atom is 0.304 e. The molecule has 3 aromatic carbocycles. The van der Waals surface area contributed by atoms with Crippen molar-refractivity contribution in [3.8, 4) is 11.1 Å². The number of aliphatic hydroxyl groups excluding tert-OH is 1. The summed E-state index contributed by atoms with van der Waals surface area (Å²) in [4.78, 5) is 40.5. The van der Waals surface area contributed by atoms with Gasteiger partial charge in [-0.15, -0.1) is 0 Å². The van der Waals surface area contributed by atoms with Gasteiger partial charge >= 0.3 is 5.97 Å². The number of benzene rings is 3. The molecule has 0 aliphatic heterocycles. The fourth-order valence-electron chi connectivity index (χ4n) is 5.92. The monoisotopic (exact) mass is 649 g/mol. The van der Waals surface area contributed by atoms with Gasteiger partial charge in [0.1, 0.15) is 6.54 Å². The van der Waals surface area contributed by atoms with Crippen LogP contribution in [0.4, 0.5) is 5.69 Å². The highest BCUT2D eigenvalue weighted by Crippen LogP contribution is 2.27. The summed E-state index contributed by atoms with van der Waals surface area (Å²) >= 11 is 0. The van der Waals surface area contributed by atoms with Crippen molar-refractivity contribution in [3.63, 3.8) is 0 Å². The number of amides is 2. The van der Waals surface area contributed by atoms with Crippen LogP contribution in [0.1, 0.15) is 56.9 Å². The first kappa shape index (κ1) is 34.8. The number of aryl methyl sites for hydroxylation is 1. The summed E-state index contributed by atoms with van der Waals surface area (Å²) in [6, 6.07) is 23.8. The molecule has 4 N–H and O–H groups in total. The van der Waals surface area contributed by atoms with Crippen LogP contribution in [-0.4, -0.2) is 67.1 Å². The lowest BCUT2D eigenvalue weighted by atomic mass is 9.90. The lowest BCUT2D eigenvalue weighted by Crippen LogP contribution is -2.48. The molecule has 1 aliphatic carbocycles. The smallest absolute Gasteiger partial charge is 0.304 e. The molecule has 0 bridgehead atoms. The van der Waals surface area contributed by atoms with Crippen LogP contribution in [0.25, 0.3) is 11.1 Å². The number of nitrogens with one attached hydrogen (secondary N) is 2. The van der Waals surface area contributed by atoms with Gasteiger partial charge < -0.3 is 20.4 Å². The van der Waals surface area contributed by atoms with E-state index in [1.165, 1.54) is 24.3 Å². The SMILES string of the molecule is O=C(O)CC(CCCc1ccc(-c2ccccc2)cc1)C(=O)N(CC(=O)Nc1ccc(S(=O)(=O)NCCO)cc1)C1CCCCC1. The number of carbonyl (C=O) groups is 3. The lowest BCUT2D eigenvalue weighted by Gasteiger charge is -2.36. The highest BCUT2D eigenvalue weighted by atomic mass is 32.2. The van der Waals surface area contributed by atoms with Crippen molar-refractivity contribution in [3.05, 3.63) is 84.4 Å². The Morgan fingerprint density at radius 3 is 2.15 bits per heavy atom. The van der Waals surface area contributed by atoms with Crippen molar-refractivity contribution < 1.29 is 33.0 Å². The Bertz CT molecular complexity index is 1540. The minimum Gasteiger partial charge on any atom is -0.481 e. The van der Waals surface area contributed by atoms with Crippen molar-refractivity contribution in [1.82, 2.24) is 9.62 Å². The number of carboxylic acid groups (broad SMARTS) is 1. The van der Waals surface area contributed by atoms with Crippen molar-refractivity contribution >= 4 is 33.5 Å². The number of anilines is 1. The number of rotatable bonds is 16. The predicted molar refractivity (Wildman–Crippen MR) is 176 cm³/mol. The molecule has 46 heavy (non-hydrogen) atoms. The van der Waals surface area contributed by atoms with Gasteiger partial charge in [0.05, 0.1) is 17.9 Å². The van der Waals surface area contributed by atoms with Crippen molar-refractivity contribution in [1.29, 1.82) is 0 Å². The van der Waals surface area contributed by atoms with Crippen LogP contribution in [0.15, 0.2) is 83.8 Å². The number of carbonyl (C=O) groups excluding carboxylic acids is 2. The van der Waals surface area contributed by atoms with Crippen LogP contribution < -0.4 is 10.0 Å². The van der Waals surface area contributed by atoms with E-state index >= 15 is 0 Å². The van der Waals surface area contributed by atoms with E-state index < -0.39 is 27.8 Å². The Kier molecular flexibility index (Phi) is 12.9. The first-order valence-electron chi connectivity index (χ1n) is 15.8. The Balaban J connectivity index is 1.41. The van der Waals surface area contributed by atoms with E-state index in [-0.39, 0.29) is 43.0 Å². The van der Waals surface area contributed by atoms with E-state index in [1.807, 2.05) is 18.2 Å². The number of hydrogen-bond donors (Lipinski definition) is 4. The molecule has 1 saturated carbocycles. The maximum atomic E-state index is 13.9. The van der Waals surface area contributed by atoms with E-state index in [2.05, 4.69) is 46.4 Å². The minimum absolute atomic E-state index is 0.0124. The topological polar surface area (TPSA) is 153 Å². The summed E-state index contributed by atoms with van der Waals surface area (Å²) < 4.78 is 26.8. The summed E-state index contributed by atoms with van der Waals surface area (Å²) in [7, 11) is -3.79. The zero-order chi connectivity index (χ0) is 32.9. The van der Waals surface area contributed by atoms with Gasteiger partial charge in [-0.05, 0) is 73.1 Å². The number of aliphatic carboxylic acids is 1. The van der Waals surface area contributed by atoms with Gasteiger partial charge in [-0.2, -0.15) is 0 Å². The van der Waals surface area contributed by atoms with Crippen LogP contribution in [0, 0.1) is 5.92 Å². The number of sulfonamides is 1. The van der Waals surface area contributed by atoms with Crippen LogP contribution in [-0.2, 0) is 30.8 Å². The number of hydrogen-bond acceptors (Lipinski definition) is 6. The molecule has 2 amide bonds. The first-order chi connectivity index (χ1) is 22.2. The molecular weight excluding hydrogens is 606 g/mol.